The van der Waals surface area contributed by atoms with Gasteiger partial charge >= 0.3 is 0 Å². The van der Waals surface area contributed by atoms with Gasteiger partial charge < -0.3 is 14.2 Å². The van der Waals surface area contributed by atoms with E-state index in [0.717, 1.165) is 26.1 Å². The number of likely N-dealkylation sites (N-methyl/N-ethyl adjacent to an activating group) is 1. The minimum atomic E-state index is -3.21. The lowest BCUT2D eigenvalue weighted by Crippen LogP contribution is -2.41. The van der Waals surface area contributed by atoms with Crippen LogP contribution in [0, 0.1) is 0 Å². The zero-order valence-corrected chi connectivity index (χ0v) is 14.4. The molecule has 1 unspecified atom stereocenters. The van der Waals surface area contributed by atoms with Gasteiger partial charge in [0, 0.05) is 26.3 Å². The highest BCUT2D eigenvalue weighted by Gasteiger charge is 2.23. The lowest BCUT2D eigenvalue weighted by Gasteiger charge is -2.29. The summed E-state index contributed by atoms with van der Waals surface area (Å²) in [7, 11) is -3.21. The molecule has 0 spiro atoms. The first-order chi connectivity index (χ1) is 9.82. The number of sulfonamides is 1. The zero-order chi connectivity index (χ0) is 15.9. The molecule has 0 N–H and O–H groups in total. The van der Waals surface area contributed by atoms with Gasteiger partial charge in [0.15, 0.2) is 0 Å². The lowest BCUT2D eigenvalue weighted by molar-refractivity contribution is -0.0916. The zero-order valence-electron chi connectivity index (χ0n) is 13.6. The van der Waals surface area contributed by atoms with Crippen LogP contribution in [-0.4, -0.2) is 70.2 Å². The largest absolute Gasteiger partial charge is 0.381 e. The Bertz CT molecular complexity index is 379. The van der Waals surface area contributed by atoms with Crippen LogP contribution in [0.15, 0.2) is 0 Å². The first-order valence-electron chi connectivity index (χ1n) is 7.62. The van der Waals surface area contributed by atoms with E-state index in [1.54, 1.807) is 0 Å². The predicted octanol–water partition coefficient (Wildman–Crippen LogP) is 1.26. The van der Waals surface area contributed by atoms with Crippen molar-refractivity contribution in [3.05, 3.63) is 0 Å². The highest BCUT2D eigenvalue weighted by molar-refractivity contribution is 7.88. The van der Waals surface area contributed by atoms with Crippen molar-refractivity contribution in [2.45, 2.75) is 51.9 Å². The Balaban J connectivity index is 2.53. The average Bonchev–Trinajstić information content (AvgIpc) is 2.41. The Morgan fingerprint density at radius 1 is 1.29 bits per heavy atom. The fourth-order valence-electron chi connectivity index (χ4n) is 2.33. The maximum absolute atomic E-state index is 11.7. The molecule has 6 nitrogen and oxygen atoms in total. The molecule has 0 amide bonds. The van der Waals surface area contributed by atoms with Gasteiger partial charge in [0.2, 0.25) is 10.0 Å². The van der Waals surface area contributed by atoms with Crippen LogP contribution in [0.3, 0.4) is 0 Å². The van der Waals surface area contributed by atoms with Crippen LogP contribution in [0.1, 0.15) is 33.6 Å². The molecule has 1 heterocycles. The molecule has 1 saturated heterocycles. The average molecular weight is 323 g/mol. The van der Waals surface area contributed by atoms with Crippen molar-refractivity contribution in [2.24, 2.45) is 0 Å². The number of rotatable bonds is 9. The van der Waals surface area contributed by atoms with E-state index < -0.39 is 10.0 Å². The van der Waals surface area contributed by atoms with Crippen LogP contribution >= 0.6 is 0 Å². The van der Waals surface area contributed by atoms with Gasteiger partial charge in [-0.2, -0.15) is 4.31 Å². The van der Waals surface area contributed by atoms with Crippen molar-refractivity contribution in [3.8, 4) is 0 Å². The molecule has 0 radical (unpaired) electrons. The van der Waals surface area contributed by atoms with E-state index in [2.05, 4.69) is 0 Å². The quantitative estimate of drug-likeness (QED) is 0.639. The summed E-state index contributed by atoms with van der Waals surface area (Å²) in [6.07, 6.45) is 2.97. The molecule has 1 aliphatic heterocycles. The topological polar surface area (TPSA) is 65.1 Å². The molecule has 0 aromatic carbocycles. The molecular weight excluding hydrogens is 294 g/mol. The van der Waals surface area contributed by atoms with Crippen LogP contribution in [0.2, 0.25) is 0 Å². The van der Waals surface area contributed by atoms with Crippen molar-refractivity contribution in [2.75, 3.05) is 39.2 Å². The molecule has 1 rings (SSSR count). The van der Waals surface area contributed by atoms with Gasteiger partial charge in [-0.3, -0.25) is 0 Å². The Hall–Kier alpha value is -0.210. The summed E-state index contributed by atoms with van der Waals surface area (Å²) in [5, 5.41) is 0. The van der Waals surface area contributed by atoms with Gasteiger partial charge in [-0.05, 0) is 26.7 Å². The van der Waals surface area contributed by atoms with E-state index in [1.807, 2.05) is 20.8 Å². The van der Waals surface area contributed by atoms with E-state index in [9.17, 15) is 8.42 Å². The van der Waals surface area contributed by atoms with E-state index in [4.69, 9.17) is 14.2 Å². The summed E-state index contributed by atoms with van der Waals surface area (Å²) in [6, 6.07) is 0. The Morgan fingerprint density at radius 2 is 1.90 bits per heavy atom. The predicted molar refractivity (Wildman–Crippen MR) is 81.9 cm³/mol. The molecule has 126 valence electrons. The fourth-order valence-corrected chi connectivity index (χ4v) is 3.24. The van der Waals surface area contributed by atoms with E-state index in [0.29, 0.717) is 19.7 Å². The molecular formula is C14H29NO5S. The van der Waals surface area contributed by atoms with Crippen molar-refractivity contribution in [1.29, 1.82) is 0 Å². The van der Waals surface area contributed by atoms with Crippen molar-refractivity contribution >= 4 is 10.0 Å². The van der Waals surface area contributed by atoms with E-state index >= 15 is 0 Å². The summed E-state index contributed by atoms with van der Waals surface area (Å²) in [4.78, 5) is 0. The van der Waals surface area contributed by atoms with E-state index in [1.165, 1.54) is 10.6 Å². The maximum atomic E-state index is 11.7. The molecule has 7 heteroatoms. The summed E-state index contributed by atoms with van der Waals surface area (Å²) < 4.78 is 41.8. The fraction of sp³-hybridized carbons (Fsp3) is 1.00. The van der Waals surface area contributed by atoms with Crippen LogP contribution in [0.5, 0.6) is 0 Å². The van der Waals surface area contributed by atoms with Gasteiger partial charge in [-0.25, -0.2) is 8.42 Å². The van der Waals surface area contributed by atoms with Gasteiger partial charge in [-0.1, -0.05) is 6.92 Å². The smallest absolute Gasteiger partial charge is 0.211 e. The van der Waals surface area contributed by atoms with Gasteiger partial charge in [-0.15, -0.1) is 0 Å². The van der Waals surface area contributed by atoms with Crippen LogP contribution < -0.4 is 0 Å². The molecule has 1 aliphatic rings. The molecule has 1 fully saturated rings. The number of hydrogen-bond acceptors (Lipinski definition) is 5. The lowest BCUT2D eigenvalue weighted by atomic mass is 10.1. The molecule has 0 bridgehead atoms. The summed E-state index contributed by atoms with van der Waals surface area (Å²) in [6.45, 7) is 8.35. The highest BCUT2D eigenvalue weighted by Crippen LogP contribution is 2.13. The Morgan fingerprint density at radius 3 is 2.38 bits per heavy atom. The minimum Gasteiger partial charge on any atom is -0.381 e. The second-order valence-electron chi connectivity index (χ2n) is 5.67. The molecule has 0 saturated carbocycles. The van der Waals surface area contributed by atoms with Crippen LogP contribution in [-0.2, 0) is 24.2 Å². The van der Waals surface area contributed by atoms with Gasteiger partial charge in [0.25, 0.3) is 0 Å². The summed E-state index contributed by atoms with van der Waals surface area (Å²) >= 11 is 0. The number of ether oxygens (including phenoxy) is 3. The summed E-state index contributed by atoms with van der Waals surface area (Å²) in [5.74, 6) is 0. The van der Waals surface area contributed by atoms with Crippen molar-refractivity contribution in [3.63, 3.8) is 0 Å². The first kappa shape index (κ1) is 18.8. The Labute approximate surface area is 128 Å². The third-order valence-corrected chi connectivity index (χ3v) is 4.73. The normalized spacial score (nSPS) is 19.3. The van der Waals surface area contributed by atoms with Crippen molar-refractivity contribution in [1.82, 2.24) is 4.31 Å². The monoisotopic (exact) mass is 323 g/mol. The third kappa shape index (κ3) is 7.56. The van der Waals surface area contributed by atoms with E-state index in [-0.39, 0.29) is 18.3 Å². The standard InChI is InChI=1S/C14H29NO5S/c1-5-15(21(4,16)17)10-14(20-12(2)3)11-19-13-6-8-18-9-7-13/h12-14H,5-11H2,1-4H3. The third-order valence-electron chi connectivity index (χ3n) is 3.38. The van der Waals surface area contributed by atoms with Crippen molar-refractivity contribution < 1.29 is 22.6 Å². The molecule has 0 aromatic heterocycles. The van der Waals surface area contributed by atoms with Crippen LogP contribution in [0.4, 0.5) is 0 Å². The SMILES string of the molecule is CCN(CC(COC1CCOCC1)OC(C)C)S(C)(=O)=O. The molecule has 0 aromatic rings. The van der Waals surface area contributed by atoms with Gasteiger partial charge in [0.05, 0.1) is 31.2 Å². The molecule has 0 aliphatic carbocycles. The van der Waals surface area contributed by atoms with Gasteiger partial charge in [0.1, 0.15) is 0 Å². The second kappa shape index (κ2) is 9.05. The number of hydrogen-bond donors (Lipinski definition) is 0. The first-order valence-corrected chi connectivity index (χ1v) is 9.47. The molecule has 21 heavy (non-hydrogen) atoms. The number of nitrogens with zero attached hydrogens (tertiary/aromatic N) is 1. The Kier molecular flexibility index (Phi) is 8.12. The molecule has 1 atom stereocenters. The minimum absolute atomic E-state index is 0.0338. The second-order valence-corrected chi connectivity index (χ2v) is 7.65. The summed E-state index contributed by atoms with van der Waals surface area (Å²) in [5.41, 5.74) is 0. The highest BCUT2D eigenvalue weighted by atomic mass is 32.2. The maximum Gasteiger partial charge on any atom is 0.211 e. The van der Waals surface area contributed by atoms with Crippen LogP contribution in [0.25, 0.3) is 0 Å².